The van der Waals surface area contributed by atoms with Crippen LogP contribution in [0.25, 0.3) is 10.8 Å². The zero-order valence-corrected chi connectivity index (χ0v) is 17.7. The Morgan fingerprint density at radius 2 is 1.77 bits per heavy atom. The van der Waals surface area contributed by atoms with E-state index < -0.39 is 0 Å². The zero-order valence-electron chi connectivity index (χ0n) is 17.7. The van der Waals surface area contributed by atoms with Crippen LogP contribution in [0.4, 0.5) is 5.69 Å². The van der Waals surface area contributed by atoms with Crippen LogP contribution >= 0.6 is 0 Å². The van der Waals surface area contributed by atoms with E-state index in [9.17, 15) is 9.59 Å². The van der Waals surface area contributed by atoms with Crippen molar-refractivity contribution >= 4 is 28.3 Å². The standard InChI is InChI=1S/C26H28N2O2/c1-18-8-5-14-24(19(18)2)27-26(30)22-12-7-15-28(17-22)25(29)16-21-11-6-10-20-9-3-4-13-23(20)21/h3-6,8-11,13-14,22H,7,12,15-17H2,1-2H3,(H,27,30)/t22-/m1/s1. The van der Waals surface area contributed by atoms with E-state index in [0.29, 0.717) is 13.0 Å². The quantitative estimate of drug-likeness (QED) is 0.679. The molecule has 1 atom stereocenters. The number of rotatable bonds is 4. The van der Waals surface area contributed by atoms with Crippen molar-refractivity contribution in [3.63, 3.8) is 0 Å². The summed E-state index contributed by atoms with van der Waals surface area (Å²) in [5, 5.41) is 5.34. The third-order valence-electron chi connectivity index (χ3n) is 6.23. The molecule has 4 nitrogen and oxygen atoms in total. The molecule has 0 saturated carbocycles. The first-order valence-corrected chi connectivity index (χ1v) is 10.6. The second kappa shape index (κ2) is 8.70. The number of fused-ring (bicyclic) bond motifs is 1. The SMILES string of the molecule is Cc1cccc(NC(=O)[C@@H]2CCCN(C(=O)Cc3cccc4ccccc34)C2)c1C. The van der Waals surface area contributed by atoms with Crippen molar-refractivity contribution in [3.05, 3.63) is 77.4 Å². The predicted molar refractivity (Wildman–Crippen MR) is 122 cm³/mol. The fraction of sp³-hybridized carbons (Fsp3) is 0.308. The van der Waals surface area contributed by atoms with Gasteiger partial charge in [-0.3, -0.25) is 9.59 Å². The van der Waals surface area contributed by atoms with Crippen LogP contribution in [0.1, 0.15) is 29.5 Å². The van der Waals surface area contributed by atoms with Gasteiger partial charge in [0.1, 0.15) is 0 Å². The maximum Gasteiger partial charge on any atom is 0.229 e. The Labute approximate surface area is 177 Å². The average Bonchev–Trinajstić information content (AvgIpc) is 2.77. The maximum absolute atomic E-state index is 13.0. The van der Waals surface area contributed by atoms with Gasteiger partial charge < -0.3 is 10.2 Å². The number of likely N-dealkylation sites (tertiary alicyclic amines) is 1. The molecule has 1 aliphatic heterocycles. The number of benzene rings is 3. The van der Waals surface area contributed by atoms with Gasteiger partial charge >= 0.3 is 0 Å². The lowest BCUT2D eigenvalue weighted by atomic mass is 9.95. The summed E-state index contributed by atoms with van der Waals surface area (Å²) in [7, 11) is 0. The Hall–Kier alpha value is -3.14. The number of nitrogens with one attached hydrogen (secondary N) is 1. The highest BCUT2D eigenvalue weighted by atomic mass is 16.2. The Morgan fingerprint density at radius 1 is 1.00 bits per heavy atom. The molecule has 0 bridgehead atoms. The van der Waals surface area contributed by atoms with Gasteiger partial charge in [-0.15, -0.1) is 0 Å². The molecule has 0 unspecified atom stereocenters. The number of aryl methyl sites for hydroxylation is 1. The van der Waals surface area contributed by atoms with Crippen LogP contribution in [-0.4, -0.2) is 29.8 Å². The Morgan fingerprint density at radius 3 is 2.63 bits per heavy atom. The summed E-state index contributed by atoms with van der Waals surface area (Å²) in [6.45, 7) is 5.27. The van der Waals surface area contributed by atoms with Gasteiger partial charge in [0.05, 0.1) is 12.3 Å². The number of nitrogens with zero attached hydrogens (tertiary/aromatic N) is 1. The molecule has 1 saturated heterocycles. The molecule has 1 N–H and O–H groups in total. The molecular formula is C26H28N2O2. The number of amides is 2. The van der Waals surface area contributed by atoms with Gasteiger partial charge in [-0.25, -0.2) is 0 Å². The topological polar surface area (TPSA) is 49.4 Å². The smallest absolute Gasteiger partial charge is 0.229 e. The van der Waals surface area contributed by atoms with Gasteiger partial charge in [-0.05, 0) is 60.2 Å². The number of anilines is 1. The normalized spacial score (nSPS) is 16.5. The number of hydrogen-bond acceptors (Lipinski definition) is 2. The Kier molecular flexibility index (Phi) is 5.84. The van der Waals surface area contributed by atoms with Crippen LogP contribution in [0.15, 0.2) is 60.7 Å². The molecule has 1 fully saturated rings. The summed E-state index contributed by atoms with van der Waals surface area (Å²) < 4.78 is 0. The molecule has 1 aliphatic rings. The molecule has 0 aliphatic carbocycles. The zero-order chi connectivity index (χ0) is 21.1. The highest BCUT2D eigenvalue weighted by molar-refractivity contribution is 5.94. The fourth-order valence-corrected chi connectivity index (χ4v) is 4.26. The van der Waals surface area contributed by atoms with Gasteiger partial charge in [0.2, 0.25) is 11.8 Å². The van der Waals surface area contributed by atoms with Crippen molar-refractivity contribution < 1.29 is 9.59 Å². The third-order valence-corrected chi connectivity index (χ3v) is 6.23. The molecule has 4 rings (SSSR count). The Bertz CT molecular complexity index is 1080. The van der Waals surface area contributed by atoms with Crippen LogP contribution in [0.3, 0.4) is 0 Å². The predicted octanol–water partition coefficient (Wildman–Crippen LogP) is 4.88. The summed E-state index contributed by atoms with van der Waals surface area (Å²) in [4.78, 5) is 27.8. The molecule has 0 aromatic heterocycles. The lowest BCUT2D eigenvalue weighted by Gasteiger charge is -2.32. The second-order valence-corrected chi connectivity index (χ2v) is 8.23. The van der Waals surface area contributed by atoms with Crippen molar-refractivity contribution in [2.45, 2.75) is 33.1 Å². The number of carbonyl (C=O) groups excluding carboxylic acids is 2. The van der Waals surface area contributed by atoms with Gasteiger partial charge in [-0.1, -0.05) is 54.6 Å². The van der Waals surface area contributed by atoms with Crippen molar-refractivity contribution in [2.24, 2.45) is 5.92 Å². The molecule has 2 amide bonds. The van der Waals surface area contributed by atoms with Crippen LogP contribution in [0.2, 0.25) is 0 Å². The number of hydrogen-bond donors (Lipinski definition) is 1. The largest absolute Gasteiger partial charge is 0.342 e. The van der Waals surface area contributed by atoms with Gasteiger partial charge in [0, 0.05) is 18.8 Å². The highest BCUT2D eigenvalue weighted by Gasteiger charge is 2.28. The third kappa shape index (κ3) is 4.23. The maximum atomic E-state index is 13.0. The van der Waals surface area contributed by atoms with E-state index in [-0.39, 0.29) is 17.7 Å². The van der Waals surface area contributed by atoms with E-state index in [4.69, 9.17) is 0 Å². The van der Waals surface area contributed by atoms with Crippen LogP contribution in [0, 0.1) is 19.8 Å². The van der Waals surface area contributed by atoms with Crippen LogP contribution < -0.4 is 5.32 Å². The minimum absolute atomic E-state index is 0.00589. The minimum Gasteiger partial charge on any atom is -0.342 e. The van der Waals surface area contributed by atoms with Crippen molar-refractivity contribution in [1.82, 2.24) is 4.90 Å². The van der Waals surface area contributed by atoms with Gasteiger partial charge in [0.15, 0.2) is 0 Å². The van der Waals surface area contributed by atoms with E-state index in [0.717, 1.165) is 52.5 Å². The summed E-state index contributed by atoms with van der Waals surface area (Å²) in [6.07, 6.45) is 2.04. The lowest BCUT2D eigenvalue weighted by molar-refractivity contribution is -0.133. The number of carbonyl (C=O) groups is 2. The van der Waals surface area contributed by atoms with Crippen LogP contribution in [0.5, 0.6) is 0 Å². The van der Waals surface area contributed by atoms with E-state index in [1.807, 2.05) is 61.2 Å². The molecular weight excluding hydrogens is 372 g/mol. The van der Waals surface area contributed by atoms with Crippen LogP contribution in [-0.2, 0) is 16.0 Å². The molecule has 0 radical (unpaired) electrons. The summed E-state index contributed by atoms with van der Waals surface area (Å²) in [6, 6.07) is 20.2. The molecule has 4 heteroatoms. The van der Waals surface area contributed by atoms with E-state index in [2.05, 4.69) is 23.5 Å². The van der Waals surface area contributed by atoms with E-state index >= 15 is 0 Å². The molecule has 0 spiro atoms. The van der Waals surface area contributed by atoms with Crippen molar-refractivity contribution in [3.8, 4) is 0 Å². The molecule has 30 heavy (non-hydrogen) atoms. The molecule has 154 valence electrons. The average molecular weight is 401 g/mol. The molecule has 3 aromatic rings. The summed E-state index contributed by atoms with van der Waals surface area (Å²) >= 11 is 0. The van der Waals surface area contributed by atoms with E-state index in [1.165, 1.54) is 0 Å². The highest BCUT2D eigenvalue weighted by Crippen LogP contribution is 2.24. The van der Waals surface area contributed by atoms with Gasteiger partial charge in [0.25, 0.3) is 0 Å². The first kappa shape index (κ1) is 20.1. The summed E-state index contributed by atoms with van der Waals surface area (Å²) in [5.74, 6) is -0.0721. The fourth-order valence-electron chi connectivity index (χ4n) is 4.26. The Balaban J connectivity index is 1.43. The molecule has 1 heterocycles. The monoisotopic (exact) mass is 400 g/mol. The lowest BCUT2D eigenvalue weighted by Crippen LogP contribution is -2.44. The summed E-state index contributed by atoms with van der Waals surface area (Å²) in [5.41, 5.74) is 4.15. The van der Waals surface area contributed by atoms with Crippen molar-refractivity contribution in [1.29, 1.82) is 0 Å². The first-order valence-electron chi connectivity index (χ1n) is 10.6. The van der Waals surface area contributed by atoms with Crippen molar-refractivity contribution in [2.75, 3.05) is 18.4 Å². The van der Waals surface area contributed by atoms with Gasteiger partial charge in [-0.2, -0.15) is 0 Å². The van der Waals surface area contributed by atoms with E-state index in [1.54, 1.807) is 0 Å². The first-order chi connectivity index (χ1) is 14.5. The second-order valence-electron chi connectivity index (χ2n) is 8.23. The molecule has 3 aromatic carbocycles. The minimum atomic E-state index is -0.171. The number of piperidine rings is 1.